The van der Waals surface area contributed by atoms with Gasteiger partial charge in [0.25, 0.3) is 0 Å². The molecule has 4 rings (SSSR count). The quantitative estimate of drug-likeness (QED) is 0.587. The van der Waals surface area contributed by atoms with Gasteiger partial charge in [-0.3, -0.25) is 9.36 Å². The molecule has 0 radical (unpaired) electrons. The number of aromatic nitrogens is 2. The van der Waals surface area contributed by atoms with E-state index in [0.29, 0.717) is 34.1 Å². The van der Waals surface area contributed by atoms with Crippen LogP contribution in [0.3, 0.4) is 0 Å². The zero-order valence-corrected chi connectivity index (χ0v) is 15.8. The molecule has 0 atom stereocenters. The van der Waals surface area contributed by atoms with Gasteiger partial charge < -0.3 is 14.2 Å². The molecule has 1 N–H and O–H groups in total. The van der Waals surface area contributed by atoms with Crippen molar-refractivity contribution in [2.45, 2.75) is 20.3 Å². The fraction of sp³-hybridized carbons (Fsp3) is 0.190. The van der Waals surface area contributed by atoms with Gasteiger partial charge in [0.2, 0.25) is 11.8 Å². The summed E-state index contributed by atoms with van der Waals surface area (Å²) < 4.78 is 12.3. The summed E-state index contributed by atoms with van der Waals surface area (Å²) in [4.78, 5) is 28.5. The largest absolute Gasteiger partial charge is 0.441 e. The van der Waals surface area contributed by atoms with Gasteiger partial charge in [0, 0.05) is 24.4 Å². The molecular formula is C21H19N3O4. The van der Waals surface area contributed by atoms with Crippen LogP contribution in [-0.4, -0.2) is 15.5 Å². The molecule has 28 heavy (non-hydrogen) atoms. The molecule has 0 aliphatic heterocycles. The minimum atomic E-state index is -0.444. The Balaban J connectivity index is 1.53. The van der Waals surface area contributed by atoms with Crippen LogP contribution in [0.4, 0.5) is 5.69 Å². The van der Waals surface area contributed by atoms with E-state index in [0.717, 1.165) is 11.1 Å². The Kier molecular flexibility index (Phi) is 4.35. The van der Waals surface area contributed by atoms with E-state index in [9.17, 15) is 9.59 Å². The van der Waals surface area contributed by atoms with Gasteiger partial charge >= 0.3 is 5.76 Å². The SMILES string of the molecule is Cc1ccccc1-c1nc(CC(=O)Nc2ccc3c(c2)oc(=O)n3C)c(C)o1. The highest BCUT2D eigenvalue weighted by molar-refractivity contribution is 5.94. The van der Waals surface area contributed by atoms with Gasteiger partial charge in [0.05, 0.1) is 17.6 Å². The van der Waals surface area contributed by atoms with Crippen molar-refractivity contribution < 1.29 is 13.6 Å². The molecule has 0 aliphatic rings. The van der Waals surface area contributed by atoms with Crippen LogP contribution in [0.2, 0.25) is 0 Å². The van der Waals surface area contributed by atoms with E-state index in [1.54, 1.807) is 32.2 Å². The summed E-state index contributed by atoms with van der Waals surface area (Å²) in [6.45, 7) is 3.78. The highest BCUT2D eigenvalue weighted by Crippen LogP contribution is 2.25. The van der Waals surface area contributed by atoms with Gasteiger partial charge in [-0.25, -0.2) is 9.78 Å². The van der Waals surface area contributed by atoms with Crippen LogP contribution in [0.15, 0.2) is 56.1 Å². The summed E-state index contributed by atoms with van der Waals surface area (Å²) in [7, 11) is 1.63. The van der Waals surface area contributed by atoms with E-state index < -0.39 is 5.76 Å². The molecule has 0 spiro atoms. The van der Waals surface area contributed by atoms with Crippen molar-refractivity contribution in [2.75, 3.05) is 5.32 Å². The number of aryl methyl sites for hydroxylation is 3. The van der Waals surface area contributed by atoms with E-state index in [1.165, 1.54) is 4.57 Å². The number of amides is 1. The first kappa shape index (κ1) is 17.8. The van der Waals surface area contributed by atoms with Crippen LogP contribution < -0.4 is 11.1 Å². The second kappa shape index (κ2) is 6.84. The Morgan fingerprint density at radius 3 is 2.71 bits per heavy atom. The van der Waals surface area contributed by atoms with Crippen molar-refractivity contribution in [1.29, 1.82) is 0 Å². The molecule has 0 fully saturated rings. The number of nitrogens with one attached hydrogen (secondary N) is 1. The van der Waals surface area contributed by atoms with Crippen molar-refractivity contribution in [1.82, 2.24) is 9.55 Å². The number of carbonyl (C=O) groups is 1. The third kappa shape index (κ3) is 3.22. The lowest BCUT2D eigenvalue weighted by atomic mass is 10.1. The molecule has 7 heteroatoms. The molecule has 7 nitrogen and oxygen atoms in total. The fourth-order valence-corrected chi connectivity index (χ4v) is 3.09. The average Bonchev–Trinajstić information content (AvgIpc) is 3.15. The van der Waals surface area contributed by atoms with Crippen LogP contribution in [-0.2, 0) is 18.3 Å². The van der Waals surface area contributed by atoms with Crippen molar-refractivity contribution in [2.24, 2.45) is 7.05 Å². The normalized spacial score (nSPS) is 11.1. The maximum absolute atomic E-state index is 12.5. The summed E-state index contributed by atoms with van der Waals surface area (Å²) in [6, 6.07) is 12.9. The van der Waals surface area contributed by atoms with Crippen LogP contribution in [0.1, 0.15) is 17.0 Å². The summed E-state index contributed by atoms with van der Waals surface area (Å²) in [6.07, 6.45) is 0.0813. The summed E-state index contributed by atoms with van der Waals surface area (Å²) in [5, 5.41) is 2.81. The molecule has 0 saturated heterocycles. The Labute approximate surface area is 160 Å². The van der Waals surface area contributed by atoms with Crippen molar-refractivity contribution >= 4 is 22.7 Å². The van der Waals surface area contributed by atoms with Crippen LogP contribution in [0.25, 0.3) is 22.6 Å². The highest BCUT2D eigenvalue weighted by atomic mass is 16.4. The summed E-state index contributed by atoms with van der Waals surface area (Å²) >= 11 is 0. The lowest BCUT2D eigenvalue weighted by Gasteiger charge is -2.04. The highest BCUT2D eigenvalue weighted by Gasteiger charge is 2.16. The molecule has 2 aromatic carbocycles. The number of hydrogen-bond acceptors (Lipinski definition) is 5. The van der Waals surface area contributed by atoms with Crippen molar-refractivity contribution in [3.05, 3.63) is 70.0 Å². The number of carbonyl (C=O) groups excluding carboxylic acids is 1. The molecular weight excluding hydrogens is 358 g/mol. The van der Waals surface area contributed by atoms with E-state index in [-0.39, 0.29) is 12.3 Å². The average molecular weight is 377 g/mol. The fourth-order valence-electron chi connectivity index (χ4n) is 3.09. The molecule has 2 heterocycles. The predicted octanol–water partition coefficient (Wildman–Crippen LogP) is 3.58. The lowest BCUT2D eigenvalue weighted by molar-refractivity contribution is -0.115. The van der Waals surface area contributed by atoms with Crippen molar-refractivity contribution in [3.8, 4) is 11.5 Å². The Hall–Kier alpha value is -3.61. The van der Waals surface area contributed by atoms with E-state index in [1.807, 2.05) is 31.2 Å². The van der Waals surface area contributed by atoms with E-state index in [2.05, 4.69) is 10.3 Å². The third-order valence-corrected chi connectivity index (χ3v) is 4.67. The Bertz CT molecular complexity index is 1250. The molecule has 2 aromatic heterocycles. The summed E-state index contributed by atoms with van der Waals surface area (Å²) in [5.41, 5.74) is 4.18. The van der Waals surface area contributed by atoms with Gasteiger partial charge in [-0.1, -0.05) is 18.2 Å². The van der Waals surface area contributed by atoms with Gasteiger partial charge in [0.15, 0.2) is 5.58 Å². The number of benzene rings is 2. The second-order valence-corrected chi connectivity index (χ2v) is 6.67. The van der Waals surface area contributed by atoms with Crippen LogP contribution >= 0.6 is 0 Å². The van der Waals surface area contributed by atoms with E-state index in [4.69, 9.17) is 8.83 Å². The smallest absolute Gasteiger partial charge is 0.419 e. The Morgan fingerprint density at radius 1 is 1.14 bits per heavy atom. The van der Waals surface area contributed by atoms with Gasteiger partial charge in [-0.15, -0.1) is 0 Å². The third-order valence-electron chi connectivity index (χ3n) is 4.67. The summed E-state index contributed by atoms with van der Waals surface area (Å²) in [5.74, 6) is 0.439. The Morgan fingerprint density at radius 2 is 1.93 bits per heavy atom. The minimum absolute atomic E-state index is 0.0813. The first-order chi connectivity index (χ1) is 13.4. The first-order valence-electron chi connectivity index (χ1n) is 8.84. The molecule has 0 unspecified atom stereocenters. The number of oxazole rings is 2. The number of fused-ring (bicyclic) bond motifs is 1. The number of anilines is 1. The molecule has 0 aliphatic carbocycles. The minimum Gasteiger partial charge on any atom is -0.441 e. The molecule has 0 bridgehead atoms. The molecule has 1 amide bonds. The second-order valence-electron chi connectivity index (χ2n) is 6.67. The van der Waals surface area contributed by atoms with Gasteiger partial charge in [-0.2, -0.15) is 0 Å². The van der Waals surface area contributed by atoms with E-state index >= 15 is 0 Å². The number of nitrogens with zero attached hydrogens (tertiary/aromatic N) is 2. The maximum atomic E-state index is 12.5. The standard InChI is InChI=1S/C21H19N3O4/c1-12-6-4-5-7-15(12)20-23-16(13(2)27-20)11-19(25)22-14-8-9-17-18(10-14)28-21(26)24(17)3/h4-10H,11H2,1-3H3,(H,22,25). The number of rotatable bonds is 4. The molecule has 0 saturated carbocycles. The maximum Gasteiger partial charge on any atom is 0.419 e. The van der Waals surface area contributed by atoms with Gasteiger partial charge in [-0.05, 0) is 37.6 Å². The topological polar surface area (TPSA) is 90.3 Å². The van der Waals surface area contributed by atoms with Crippen LogP contribution in [0, 0.1) is 13.8 Å². The zero-order chi connectivity index (χ0) is 19.8. The molecule has 142 valence electrons. The first-order valence-corrected chi connectivity index (χ1v) is 8.84. The monoisotopic (exact) mass is 377 g/mol. The van der Waals surface area contributed by atoms with Crippen molar-refractivity contribution in [3.63, 3.8) is 0 Å². The van der Waals surface area contributed by atoms with Gasteiger partial charge in [0.1, 0.15) is 5.76 Å². The number of hydrogen-bond donors (Lipinski definition) is 1. The zero-order valence-electron chi connectivity index (χ0n) is 15.8. The van der Waals surface area contributed by atoms with Crippen LogP contribution in [0.5, 0.6) is 0 Å². The predicted molar refractivity (Wildman–Crippen MR) is 105 cm³/mol. The molecule has 4 aromatic rings. The lowest BCUT2D eigenvalue weighted by Crippen LogP contribution is -2.15.